The lowest BCUT2D eigenvalue weighted by Crippen LogP contribution is -2.34. The molecule has 0 saturated carbocycles. The Balaban J connectivity index is 2.52. The minimum Gasteiger partial charge on any atom is -0.444 e. The molecule has 0 radical (unpaired) electrons. The summed E-state index contributed by atoms with van der Waals surface area (Å²) < 4.78 is 5.09. The normalized spacial score (nSPS) is 13.8. The van der Waals surface area contributed by atoms with Gasteiger partial charge in [-0.05, 0) is 45.4 Å². The van der Waals surface area contributed by atoms with E-state index in [1.165, 1.54) is 0 Å². The number of alkyl carbamates (subject to hydrolysis) is 1. The van der Waals surface area contributed by atoms with Gasteiger partial charge in [-0.2, -0.15) is 0 Å². The van der Waals surface area contributed by atoms with Gasteiger partial charge in [-0.15, -0.1) is 0 Å². The van der Waals surface area contributed by atoms with Gasteiger partial charge in [0.2, 0.25) is 5.91 Å². The molecule has 0 fully saturated rings. The number of aliphatic hydroxyl groups excluding tert-OH is 1. The molecule has 0 heterocycles. The maximum Gasteiger partial charge on any atom is 0.407 e. The predicted octanol–water partition coefficient (Wildman–Crippen LogP) is 1.53. The van der Waals surface area contributed by atoms with Crippen molar-refractivity contribution in [1.29, 1.82) is 0 Å². The van der Waals surface area contributed by atoms with Gasteiger partial charge in [0.15, 0.2) is 0 Å². The zero-order chi connectivity index (χ0) is 17.6. The summed E-state index contributed by atoms with van der Waals surface area (Å²) in [6.07, 6.45) is -1.46. The van der Waals surface area contributed by atoms with Crippen LogP contribution >= 0.6 is 0 Å². The molecule has 1 aromatic rings. The first-order valence-electron chi connectivity index (χ1n) is 7.40. The van der Waals surface area contributed by atoms with E-state index in [1.54, 1.807) is 52.0 Å². The second kappa shape index (κ2) is 7.94. The van der Waals surface area contributed by atoms with Crippen LogP contribution in [0, 0.1) is 0 Å². The van der Waals surface area contributed by atoms with Crippen molar-refractivity contribution in [1.82, 2.24) is 5.32 Å². The van der Waals surface area contributed by atoms with Gasteiger partial charge >= 0.3 is 6.09 Å². The molecule has 0 aliphatic heterocycles. The van der Waals surface area contributed by atoms with Gasteiger partial charge in [0.05, 0.1) is 18.7 Å². The number of hydrogen-bond donors (Lipinski definition) is 4. The van der Waals surface area contributed by atoms with Crippen molar-refractivity contribution in [3.8, 4) is 0 Å². The van der Waals surface area contributed by atoms with Crippen molar-refractivity contribution < 1.29 is 19.4 Å². The van der Waals surface area contributed by atoms with Gasteiger partial charge < -0.3 is 26.2 Å². The quantitative estimate of drug-likeness (QED) is 0.656. The first-order valence-corrected chi connectivity index (χ1v) is 7.40. The molecule has 7 heteroatoms. The van der Waals surface area contributed by atoms with Crippen molar-refractivity contribution in [3.05, 3.63) is 29.8 Å². The van der Waals surface area contributed by atoms with Crippen molar-refractivity contribution in [3.63, 3.8) is 0 Å². The van der Waals surface area contributed by atoms with Gasteiger partial charge in [-0.25, -0.2) is 4.79 Å². The summed E-state index contributed by atoms with van der Waals surface area (Å²) in [6, 6.07) is 6.05. The molecule has 0 aliphatic carbocycles. The van der Waals surface area contributed by atoms with Gasteiger partial charge in [0.25, 0.3) is 0 Å². The van der Waals surface area contributed by atoms with E-state index in [4.69, 9.17) is 10.5 Å². The van der Waals surface area contributed by atoms with Crippen LogP contribution in [0.15, 0.2) is 24.3 Å². The standard InChI is InChI=1S/C16H25N3O4/c1-10(17)14(21)19-12-7-5-11(6-8-12)13(20)9-18-15(22)23-16(2,3)4/h5-8,10,13,20H,9,17H2,1-4H3,(H,18,22)(H,19,21). The fraction of sp³-hybridized carbons (Fsp3) is 0.500. The number of carbonyl (C=O) groups excluding carboxylic acids is 2. The minimum absolute atomic E-state index is 0.0282. The SMILES string of the molecule is CC(N)C(=O)Nc1ccc(C(O)CNC(=O)OC(C)(C)C)cc1. The molecule has 128 valence electrons. The first kappa shape index (κ1) is 18.9. The lowest BCUT2D eigenvalue weighted by molar-refractivity contribution is -0.117. The molecule has 5 N–H and O–H groups in total. The molecule has 0 saturated heterocycles. The summed E-state index contributed by atoms with van der Waals surface area (Å²) in [4.78, 5) is 23.0. The van der Waals surface area contributed by atoms with E-state index in [0.29, 0.717) is 11.3 Å². The fourth-order valence-electron chi connectivity index (χ4n) is 1.66. The highest BCUT2D eigenvalue weighted by Crippen LogP contribution is 2.16. The minimum atomic E-state index is -0.874. The maximum atomic E-state index is 11.5. The molecular weight excluding hydrogens is 298 g/mol. The molecule has 0 bridgehead atoms. The van der Waals surface area contributed by atoms with Crippen LogP contribution in [0.3, 0.4) is 0 Å². The number of amides is 2. The summed E-state index contributed by atoms with van der Waals surface area (Å²) in [5.74, 6) is -0.287. The Morgan fingerprint density at radius 1 is 1.26 bits per heavy atom. The molecule has 1 rings (SSSR count). The molecule has 1 aromatic carbocycles. The van der Waals surface area contributed by atoms with E-state index in [2.05, 4.69) is 10.6 Å². The largest absolute Gasteiger partial charge is 0.444 e. The van der Waals surface area contributed by atoms with Crippen molar-refractivity contribution in [2.45, 2.75) is 45.4 Å². The van der Waals surface area contributed by atoms with Gasteiger partial charge in [0.1, 0.15) is 5.60 Å². The Bertz CT molecular complexity index is 535. The second-order valence-corrected chi connectivity index (χ2v) is 6.30. The number of benzene rings is 1. The van der Waals surface area contributed by atoms with Crippen LogP contribution in [0.2, 0.25) is 0 Å². The number of rotatable bonds is 5. The van der Waals surface area contributed by atoms with Crippen LogP contribution in [0.5, 0.6) is 0 Å². The number of nitrogens with one attached hydrogen (secondary N) is 2. The van der Waals surface area contributed by atoms with Crippen molar-refractivity contribution in [2.24, 2.45) is 5.73 Å². The van der Waals surface area contributed by atoms with E-state index in [0.717, 1.165) is 0 Å². The molecule has 0 aliphatic rings. The predicted molar refractivity (Wildman–Crippen MR) is 87.9 cm³/mol. The number of aliphatic hydroxyl groups is 1. The molecular formula is C16H25N3O4. The Labute approximate surface area is 136 Å². The molecule has 2 unspecified atom stereocenters. The van der Waals surface area contributed by atoms with Gasteiger partial charge in [-0.1, -0.05) is 12.1 Å². The summed E-state index contributed by atoms with van der Waals surface area (Å²) in [7, 11) is 0. The highest BCUT2D eigenvalue weighted by molar-refractivity contribution is 5.94. The zero-order valence-electron chi connectivity index (χ0n) is 13.9. The smallest absolute Gasteiger partial charge is 0.407 e. The fourth-order valence-corrected chi connectivity index (χ4v) is 1.66. The Morgan fingerprint density at radius 3 is 2.30 bits per heavy atom. The topological polar surface area (TPSA) is 114 Å². The van der Waals surface area contributed by atoms with E-state index >= 15 is 0 Å². The summed E-state index contributed by atoms with van der Waals surface area (Å²) in [6.45, 7) is 6.91. The maximum absolute atomic E-state index is 11.5. The van der Waals surface area contributed by atoms with E-state index in [1.807, 2.05) is 0 Å². The summed E-state index contributed by atoms with van der Waals surface area (Å²) in [5.41, 5.74) is 6.08. The van der Waals surface area contributed by atoms with Crippen LogP contribution in [0.25, 0.3) is 0 Å². The molecule has 0 aromatic heterocycles. The highest BCUT2D eigenvalue weighted by Gasteiger charge is 2.17. The average molecular weight is 323 g/mol. The molecule has 7 nitrogen and oxygen atoms in total. The van der Waals surface area contributed by atoms with Crippen molar-refractivity contribution in [2.75, 3.05) is 11.9 Å². The Hall–Kier alpha value is -2.12. The third kappa shape index (κ3) is 7.12. The average Bonchev–Trinajstić information content (AvgIpc) is 2.43. The van der Waals surface area contributed by atoms with Crippen LogP contribution in [0.1, 0.15) is 39.4 Å². The van der Waals surface area contributed by atoms with E-state index < -0.39 is 23.8 Å². The highest BCUT2D eigenvalue weighted by atomic mass is 16.6. The Morgan fingerprint density at radius 2 is 1.83 bits per heavy atom. The van der Waals surface area contributed by atoms with E-state index in [-0.39, 0.29) is 12.5 Å². The third-order valence-electron chi connectivity index (χ3n) is 2.82. The van der Waals surface area contributed by atoms with Gasteiger partial charge in [-0.3, -0.25) is 4.79 Å². The third-order valence-corrected chi connectivity index (χ3v) is 2.82. The zero-order valence-corrected chi connectivity index (χ0v) is 13.9. The van der Waals surface area contributed by atoms with Crippen molar-refractivity contribution >= 4 is 17.7 Å². The number of ether oxygens (including phenoxy) is 1. The van der Waals surface area contributed by atoms with Crippen LogP contribution in [0.4, 0.5) is 10.5 Å². The van der Waals surface area contributed by atoms with E-state index in [9.17, 15) is 14.7 Å². The second-order valence-electron chi connectivity index (χ2n) is 6.30. The lowest BCUT2D eigenvalue weighted by Gasteiger charge is -2.20. The summed E-state index contributed by atoms with van der Waals surface area (Å²) >= 11 is 0. The van der Waals surface area contributed by atoms with Crippen LogP contribution in [-0.2, 0) is 9.53 Å². The first-order chi connectivity index (χ1) is 10.6. The number of nitrogens with two attached hydrogens (primary N) is 1. The molecule has 23 heavy (non-hydrogen) atoms. The van der Waals surface area contributed by atoms with Crippen LogP contribution < -0.4 is 16.4 Å². The molecule has 2 atom stereocenters. The number of hydrogen-bond acceptors (Lipinski definition) is 5. The number of anilines is 1. The summed E-state index contributed by atoms with van der Waals surface area (Å²) in [5, 5.41) is 15.2. The lowest BCUT2D eigenvalue weighted by atomic mass is 10.1. The van der Waals surface area contributed by atoms with Gasteiger partial charge in [0, 0.05) is 5.69 Å². The molecule has 0 spiro atoms. The number of carbonyl (C=O) groups is 2. The Kier molecular flexibility index (Phi) is 6.53. The monoisotopic (exact) mass is 323 g/mol. The molecule has 2 amide bonds. The van der Waals surface area contributed by atoms with Crippen LogP contribution in [-0.4, -0.2) is 35.3 Å².